The van der Waals surface area contributed by atoms with Gasteiger partial charge >= 0.3 is 5.25 Å². The molecule has 0 fully saturated rings. The second-order valence-electron chi connectivity index (χ2n) is 4.75. The SMILES string of the molecule is CS(=O)(=O)C(F)(F)[C@@](O)(Cn1cncn1)c1ccc(F)cc1. The average molecular weight is 335 g/mol. The Balaban J connectivity index is 2.61. The first-order valence-corrected chi connectivity index (χ1v) is 7.85. The number of aliphatic hydroxyl groups is 1. The van der Waals surface area contributed by atoms with Crippen LogP contribution in [-0.2, 0) is 22.0 Å². The smallest absolute Gasteiger partial charge is 0.376 e. The fourth-order valence-electron chi connectivity index (χ4n) is 1.93. The largest absolute Gasteiger partial charge is 0.379 e. The molecule has 0 saturated heterocycles. The summed E-state index contributed by atoms with van der Waals surface area (Å²) in [6, 6.07) is 3.48. The monoisotopic (exact) mass is 335 g/mol. The van der Waals surface area contributed by atoms with Crippen molar-refractivity contribution >= 4 is 9.84 Å². The fourth-order valence-corrected chi connectivity index (χ4v) is 2.73. The van der Waals surface area contributed by atoms with Crippen LogP contribution < -0.4 is 0 Å². The summed E-state index contributed by atoms with van der Waals surface area (Å²) in [7, 11) is -4.96. The van der Waals surface area contributed by atoms with Gasteiger partial charge in [-0.05, 0) is 17.7 Å². The molecular weight excluding hydrogens is 323 g/mol. The van der Waals surface area contributed by atoms with Crippen molar-refractivity contribution in [3.63, 3.8) is 0 Å². The maximum atomic E-state index is 14.4. The topological polar surface area (TPSA) is 85.1 Å². The summed E-state index contributed by atoms with van der Waals surface area (Å²) in [5, 5.41) is 9.53. The van der Waals surface area contributed by atoms with E-state index in [2.05, 4.69) is 10.1 Å². The minimum Gasteiger partial charge on any atom is -0.376 e. The van der Waals surface area contributed by atoms with Gasteiger partial charge in [-0.1, -0.05) is 12.1 Å². The fraction of sp³-hybridized carbons (Fsp3) is 0.333. The van der Waals surface area contributed by atoms with Crippen molar-refractivity contribution in [1.29, 1.82) is 0 Å². The Morgan fingerprint density at radius 3 is 2.32 bits per heavy atom. The third kappa shape index (κ3) is 2.71. The Kier molecular flexibility index (Phi) is 4.00. The lowest BCUT2D eigenvalue weighted by molar-refractivity contribution is -0.143. The van der Waals surface area contributed by atoms with Gasteiger partial charge in [0.25, 0.3) is 0 Å². The van der Waals surface area contributed by atoms with Gasteiger partial charge in [-0.15, -0.1) is 0 Å². The normalized spacial score (nSPS) is 15.5. The van der Waals surface area contributed by atoms with Crippen molar-refractivity contribution in [2.24, 2.45) is 0 Å². The van der Waals surface area contributed by atoms with Gasteiger partial charge in [-0.25, -0.2) is 22.5 Å². The highest BCUT2D eigenvalue weighted by atomic mass is 32.2. The van der Waals surface area contributed by atoms with Gasteiger partial charge in [-0.3, -0.25) is 0 Å². The minimum atomic E-state index is -4.96. The Bertz CT molecular complexity index is 748. The molecule has 0 spiro atoms. The number of benzene rings is 1. The summed E-state index contributed by atoms with van der Waals surface area (Å²) in [6.07, 6.45) is 2.40. The summed E-state index contributed by atoms with van der Waals surface area (Å²) in [6.45, 7) is -0.876. The molecule has 0 saturated carbocycles. The number of alkyl halides is 2. The molecule has 1 aromatic heterocycles. The quantitative estimate of drug-likeness (QED) is 0.879. The highest BCUT2D eigenvalue weighted by molar-refractivity contribution is 7.91. The molecular formula is C12H12F3N3O3S. The number of halogens is 3. The number of nitrogens with zero attached hydrogens (tertiary/aromatic N) is 3. The Hall–Kier alpha value is -1.94. The second kappa shape index (κ2) is 5.36. The van der Waals surface area contributed by atoms with E-state index in [1.54, 1.807) is 0 Å². The minimum absolute atomic E-state index is 0.308. The first kappa shape index (κ1) is 16.4. The zero-order valence-electron chi connectivity index (χ0n) is 11.3. The molecule has 1 N–H and O–H groups in total. The zero-order chi connectivity index (χ0) is 16.6. The Labute approximate surface area is 124 Å². The Morgan fingerprint density at radius 2 is 1.86 bits per heavy atom. The van der Waals surface area contributed by atoms with Gasteiger partial charge in [0.05, 0.1) is 6.54 Å². The summed E-state index contributed by atoms with van der Waals surface area (Å²) >= 11 is 0. The summed E-state index contributed by atoms with van der Waals surface area (Å²) in [5.41, 5.74) is -3.60. The summed E-state index contributed by atoms with van der Waals surface area (Å²) in [4.78, 5) is 3.54. The van der Waals surface area contributed by atoms with E-state index in [1.165, 1.54) is 0 Å². The van der Waals surface area contributed by atoms with Gasteiger partial charge in [0.1, 0.15) is 18.5 Å². The van der Waals surface area contributed by atoms with Crippen LogP contribution in [0, 0.1) is 5.82 Å². The molecule has 0 unspecified atom stereocenters. The van der Waals surface area contributed by atoms with E-state index in [1.807, 2.05) is 0 Å². The maximum Gasteiger partial charge on any atom is 0.379 e. The molecule has 6 nitrogen and oxygen atoms in total. The molecule has 0 aliphatic heterocycles. The van der Waals surface area contributed by atoms with Gasteiger partial charge in [0, 0.05) is 6.26 Å². The third-order valence-electron chi connectivity index (χ3n) is 3.13. The van der Waals surface area contributed by atoms with E-state index in [9.17, 15) is 26.7 Å². The standard InChI is InChI=1S/C12H12F3N3O3S/c1-22(20,21)12(14,15)11(19,6-18-8-16-7-17-18)9-2-4-10(13)5-3-9/h2-5,7-8,19H,6H2,1H3/t11-/m1/s1. The van der Waals surface area contributed by atoms with E-state index in [0.29, 0.717) is 6.26 Å². The molecule has 0 radical (unpaired) electrons. The molecule has 1 heterocycles. The highest BCUT2D eigenvalue weighted by Crippen LogP contribution is 2.42. The van der Waals surface area contributed by atoms with Crippen LogP contribution >= 0.6 is 0 Å². The van der Waals surface area contributed by atoms with Crippen molar-refractivity contribution in [1.82, 2.24) is 14.8 Å². The van der Waals surface area contributed by atoms with Gasteiger partial charge in [0.2, 0.25) is 9.84 Å². The molecule has 0 aliphatic carbocycles. The van der Waals surface area contributed by atoms with E-state index in [4.69, 9.17) is 0 Å². The van der Waals surface area contributed by atoms with Crippen LogP contribution in [0.4, 0.5) is 13.2 Å². The molecule has 120 valence electrons. The molecule has 1 aromatic carbocycles. The molecule has 10 heteroatoms. The number of aromatic nitrogens is 3. The molecule has 0 bridgehead atoms. The molecule has 2 rings (SSSR count). The van der Waals surface area contributed by atoms with Crippen molar-refractivity contribution in [2.75, 3.05) is 6.26 Å². The van der Waals surface area contributed by atoms with Crippen molar-refractivity contribution in [2.45, 2.75) is 17.4 Å². The molecule has 2 aromatic rings. The van der Waals surface area contributed by atoms with Crippen LogP contribution in [-0.4, -0.2) is 39.8 Å². The summed E-state index contributed by atoms with van der Waals surface area (Å²) < 4.78 is 65.4. The molecule has 1 atom stereocenters. The zero-order valence-corrected chi connectivity index (χ0v) is 12.1. The number of rotatable bonds is 5. The van der Waals surface area contributed by atoms with Gasteiger partial charge in [0.15, 0.2) is 5.60 Å². The first-order valence-electron chi connectivity index (χ1n) is 5.96. The van der Waals surface area contributed by atoms with Crippen LogP contribution in [0.3, 0.4) is 0 Å². The van der Waals surface area contributed by atoms with Crippen molar-refractivity contribution in [3.05, 3.63) is 48.3 Å². The third-order valence-corrected chi connectivity index (χ3v) is 4.40. The molecule has 22 heavy (non-hydrogen) atoms. The second-order valence-corrected chi connectivity index (χ2v) is 6.81. The van der Waals surface area contributed by atoms with E-state index in [0.717, 1.165) is 41.6 Å². The van der Waals surface area contributed by atoms with Gasteiger partial charge in [-0.2, -0.15) is 13.9 Å². The van der Waals surface area contributed by atoms with E-state index < -0.39 is 38.6 Å². The van der Waals surface area contributed by atoms with Gasteiger partial charge < -0.3 is 5.11 Å². The molecule has 0 amide bonds. The molecule has 0 aliphatic rings. The van der Waals surface area contributed by atoms with Crippen molar-refractivity contribution < 1.29 is 26.7 Å². The van der Waals surface area contributed by atoms with Crippen LogP contribution in [0.5, 0.6) is 0 Å². The highest BCUT2D eigenvalue weighted by Gasteiger charge is 2.61. The summed E-state index contributed by atoms with van der Waals surface area (Å²) in [5.74, 6) is -0.713. The van der Waals surface area contributed by atoms with Crippen LogP contribution in [0.25, 0.3) is 0 Å². The van der Waals surface area contributed by atoms with E-state index in [-0.39, 0.29) is 0 Å². The number of hydrogen-bond acceptors (Lipinski definition) is 5. The number of hydrogen-bond donors (Lipinski definition) is 1. The average Bonchev–Trinajstić information content (AvgIpc) is 2.90. The Morgan fingerprint density at radius 1 is 1.27 bits per heavy atom. The predicted octanol–water partition coefficient (Wildman–Crippen LogP) is 0.942. The lowest BCUT2D eigenvalue weighted by atomic mass is 9.93. The maximum absolute atomic E-state index is 14.4. The first-order chi connectivity index (χ1) is 10.1. The predicted molar refractivity (Wildman–Crippen MR) is 70.1 cm³/mol. The lowest BCUT2D eigenvalue weighted by Crippen LogP contribution is -2.53. The number of sulfone groups is 1. The van der Waals surface area contributed by atoms with Crippen LogP contribution in [0.15, 0.2) is 36.9 Å². The van der Waals surface area contributed by atoms with Crippen LogP contribution in [0.2, 0.25) is 0 Å². The van der Waals surface area contributed by atoms with E-state index >= 15 is 0 Å². The van der Waals surface area contributed by atoms with Crippen molar-refractivity contribution in [3.8, 4) is 0 Å². The lowest BCUT2D eigenvalue weighted by Gasteiger charge is -2.34. The van der Waals surface area contributed by atoms with Crippen LogP contribution in [0.1, 0.15) is 5.56 Å².